The third-order valence-electron chi connectivity index (χ3n) is 1.98. The van der Waals surface area contributed by atoms with Gasteiger partial charge in [0.2, 0.25) is 10.0 Å². The Balaban J connectivity index is 2.96. The van der Waals surface area contributed by atoms with Crippen molar-refractivity contribution >= 4 is 32.4 Å². The van der Waals surface area contributed by atoms with Gasteiger partial charge < -0.3 is 4.98 Å². The molecule has 1 aromatic heterocycles. The molecule has 0 bridgehead atoms. The molecule has 102 valence electrons. The second-order valence-electron chi connectivity index (χ2n) is 3.77. The molecule has 6 nitrogen and oxygen atoms in total. The van der Waals surface area contributed by atoms with Crippen LogP contribution < -0.4 is 10.3 Å². The minimum atomic E-state index is -3.78. The summed E-state index contributed by atoms with van der Waals surface area (Å²) in [5.41, 5.74) is -0.557. The van der Waals surface area contributed by atoms with Gasteiger partial charge >= 0.3 is 0 Å². The first-order chi connectivity index (χ1) is 8.22. The largest absolute Gasteiger partial charge is 0.326 e. The van der Waals surface area contributed by atoms with E-state index in [2.05, 4.69) is 9.71 Å². The van der Waals surface area contributed by atoms with E-state index in [4.69, 9.17) is 11.6 Å². The summed E-state index contributed by atoms with van der Waals surface area (Å²) in [7, 11) is -4.89. The number of halogens is 1. The Morgan fingerprint density at radius 1 is 1.56 bits per heavy atom. The molecule has 0 aliphatic heterocycles. The zero-order valence-electron chi connectivity index (χ0n) is 9.77. The van der Waals surface area contributed by atoms with Crippen molar-refractivity contribution in [1.82, 2.24) is 9.71 Å². The quantitative estimate of drug-likeness (QED) is 0.804. The number of nitrogens with one attached hydrogen (secondary N) is 2. The predicted molar refractivity (Wildman–Crippen MR) is 70.8 cm³/mol. The number of hydrogen-bond acceptors (Lipinski definition) is 4. The van der Waals surface area contributed by atoms with Crippen LogP contribution >= 0.6 is 11.6 Å². The molecular weight excluding hydrogens is 300 g/mol. The maximum absolute atomic E-state index is 11.9. The topological polar surface area (TPSA) is 96.1 Å². The van der Waals surface area contributed by atoms with E-state index in [1.807, 2.05) is 0 Å². The fourth-order valence-corrected chi connectivity index (χ4v) is 3.68. The van der Waals surface area contributed by atoms with Crippen LogP contribution in [0.15, 0.2) is 22.0 Å². The van der Waals surface area contributed by atoms with Gasteiger partial charge in [-0.05, 0) is 13.0 Å². The van der Waals surface area contributed by atoms with Gasteiger partial charge in [0.25, 0.3) is 5.56 Å². The molecule has 2 N–H and O–H groups in total. The van der Waals surface area contributed by atoms with E-state index in [0.29, 0.717) is 0 Å². The summed E-state index contributed by atoms with van der Waals surface area (Å²) < 4.78 is 37.1. The highest BCUT2D eigenvalue weighted by molar-refractivity contribution is 7.89. The minimum absolute atomic E-state index is 0.138. The molecule has 0 aliphatic carbocycles. The second kappa shape index (κ2) is 5.96. The van der Waals surface area contributed by atoms with Crippen molar-refractivity contribution in [2.45, 2.75) is 17.9 Å². The van der Waals surface area contributed by atoms with E-state index in [0.717, 1.165) is 12.3 Å². The van der Waals surface area contributed by atoms with Gasteiger partial charge in [-0.3, -0.25) is 9.00 Å². The van der Waals surface area contributed by atoms with Gasteiger partial charge in [0.15, 0.2) is 0 Å². The summed E-state index contributed by atoms with van der Waals surface area (Å²) in [6.07, 6.45) is 2.55. The average Bonchev–Trinajstić information content (AvgIpc) is 2.19. The van der Waals surface area contributed by atoms with Crippen molar-refractivity contribution in [2.24, 2.45) is 0 Å². The van der Waals surface area contributed by atoms with Crippen molar-refractivity contribution < 1.29 is 12.6 Å². The first-order valence-electron chi connectivity index (χ1n) is 4.93. The van der Waals surface area contributed by atoms with E-state index < -0.39 is 32.4 Å². The van der Waals surface area contributed by atoms with Crippen LogP contribution in [0.4, 0.5) is 0 Å². The normalized spacial score (nSPS) is 15.3. The summed E-state index contributed by atoms with van der Waals surface area (Å²) in [5.74, 6) is 0.205. The molecule has 0 saturated carbocycles. The molecule has 0 aromatic carbocycles. The summed E-state index contributed by atoms with van der Waals surface area (Å²) in [4.78, 5) is 13.1. The van der Waals surface area contributed by atoms with E-state index in [1.165, 1.54) is 6.26 Å². The number of sulfonamides is 1. The Morgan fingerprint density at radius 3 is 2.67 bits per heavy atom. The zero-order valence-corrected chi connectivity index (χ0v) is 12.2. The Hall–Kier alpha value is -0.700. The Bertz CT molecular complexity index is 611. The molecule has 0 spiro atoms. The zero-order chi connectivity index (χ0) is 13.9. The Kier molecular flexibility index (Phi) is 5.09. The van der Waals surface area contributed by atoms with Crippen LogP contribution in [-0.2, 0) is 20.8 Å². The van der Waals surface area contributed by atoms with E-state index in [9.17, 15) is 17.4 Å². The third-order valence-corrected chi connectivity index (χ3v) is 4.80. The fraction of sp³-hybridized carbons (Fsp3) is 0.444. The highest BCUT2D eigenvalue weighted by atomic mass is 35.5. The molecule has 1 heterocycles. The second-order valence-corrected chi connectivity index (χ2v) is 7.38. The summed E-state index contributed by atoms with van der Waals surface area (Å²) in [5, 5.41) is -0.204. The fourth-order valence-electron chi connectivity index (χ4n) is 1.31. The summed E-state index contributed by atoms with van der Waals surface area (Å²) in [6, 6.07) is 0.588. The SMILES string of the molecule is CC(CS(C)=O)NS(=O)(=O)c1c[nH]c(=O)c(Cl)c1. The molecule has 0 fully saturated rings. The lowest BCUT2D eigenvalue weighted by Gasteiger charge is -2.12. The van der Waals surface area contributed by atoms with E-state index in [1.54, 1.807) is 6.92 Å². The van der Waals surface area contributed by atoms with Crippen molar-refractivity contribution in [3.05, 3.63) is 27.6 Å². The number of pyridine rings is 1. The number of rotatable bonds is 5. The van der Waals surface area contributed by atoms with Crippen molar-refractivity contribution in [2.75, 3.05) is 12.0 Å². The van der Waals surface area contributed by atoms with Gasteiger partial charge in [0.05, 0.1) is 4.90 Å². The number of H-pyrrole nitrogens is 1. The number of hydrogen-bond donors (Lipinski definition) is 2. The lowest BCUT2D eigenvalue weighted by Crippen LogP contribution is -2.36. The van der Waals surface area contributed by atoms with Crippen LogP contribution in [0.5, 0.6) is 0 Å². The highest BCUT2D eigenvalue weighted by Gasteiger charge is 2.19. The molecular formula is C9H13ClN2O4S2. The predicted octanol–water partition coefficient (Wildman–Crippen LogP) is 0.0736. The van der Waals surface area contributed by atoms with Crippen LogP contribution in [0.3, 0.4) is 0 Å². The van der Waals surface area contributed by atoms with Gasteiger partial charge in [-0.1, -0.05) is 11.6 Å². The standard InChI is InChI=1S/C9H13ClN2O4S2/c1-6(5-17(2)14)12-18(15,16)7-3-8(10)9(13)11-4-7/h3-4,6,12H,5H2,1-2H3,(H,11,13). The minimum Gasteiger partial charge on any atom is -0.326 e. The van der Waals surface area contributed by atoms with Crippen molar-refractivity contribution in [1.29, 1.82) is 0 Å². The molecule has 2 unspecified atom stereocenters. The molecule has 1 rings (SSSR count). The highest BCUT2D eigenvalue weighted by Crippen LogP contribution is 2.10. The van der Waals surface area contributed by atoms with Gasteiger partial charge in [-0.15, -0.1) is 0 Å². The molecule has 9 heteroatoms. The molecule has 0 amide bonds. The third kappa shape index (κ3) is 4.20. The van der Waals surface area contributed by atoms with Crippen molar-refractivity contribution in [3.8, 4) is 0 Å². The average molecular weight is 313 g/mol. The molecule has 18 heavy (non-hydrogen) atoms. The maximum Gasteiger partial charge on any atom is 0.266 e. The molecule has 2 atom stereocenters. The Labute approximate surface area is 112 Å². The van der Waals surface area contributed by atoms with E-state index >= 15 is 0 Å². The number of aromatic amines is 1. The van der Waals surface area contributed by atoms with Crippen LogP contribution in [0, 0.1) is 0 Å². The number of aromatic nitrogens is 1. The van der Waals surface area contributed by atoms with Crippen LogP contribution in [-0.4, -0.2) is 35.7 Å². The monoisotopic (exact) mass is 312 g/mol. The van der Waals surface area contributed by atoms with Crippen LogP contribution in [0.2, 0.25) is 5.02 Å². The first kappa shape index (κ1) is 15.4. The Morgan fingerprint density at radius 2 is 2.17 bits per heavy atom. The van der Waals surface area contributed by atoms with Crippen molar-refractivity contribution in [3.63, 3.8) is 0 Å². The van der Waals surface area contributed by atoms with E-state index in [-0.39, 0.29) is 15.7 Å². The van der Waals surface area contributed by atoms with Crippen LogP contribution in [0.1, 0.15) is 6.92 Å². The summed E-state index contributed by atoms with van der Waals surface area (Å²) >= 11 is 5.56. The molecule has 0 saturated heterocycles. The first-order valence-corrected chi connectivity index (χ1v) is 8.52. The lowest BCUT2D eigenvalue weighted by atomic mass is 10.4. The molecule has 0 radical (unpaired) electrons. The van der Waals surface area contributed by atoms with Gasteiger partial charge in [0.1, 0.15) is 5.02 Å². The molecule has 0 aliphatic rings. The lowest BCUT2D eigenvalue weighted by molar-refractivity contribution is 0.569. The van der Waals surface area contributed by atoms with Crippen LogP contribution in [0.25, 0.3) is 0 Å². The van der Waals surface area contributed by atoms with Gasteiger partial charge in [-0.25, -0.2) is 13.1 Å². The molecule has 1 aromatic rings. The summed E-state index contributed by atoms with van der Waals surface area (Å²) in [6.45, 7) is 1.60. The van der Waals surface area contributed by atoms with Gasteiger partial charge in [-0.2, -0.15) is 0 Å². The maximum atomic E-state index is 11.9. The van der Waals surface area contributed by atoms with Gasteiger partial charge in [0, 0.05) is 35.0 Å². The smallest absolute Gasteiger partial charge is 0.266 e.